The molecule has 0 saturated carbocycles. The molecule has 4 heteroatoms. The van der Waals surface area contributed by atoms with E-state index >= 15 is 0 Å². The van der Waals surface area contributed by atoms with Crippen LogP contribution in [-0.2, 0) is 6.54 Å². The lowest BCUT2D eigenvalue weighted by molar-refractivity contribution is 0.461. The molecule has 0 spiro atoms. The zero-order valence-electron chi connectivity index (χ0n) is 10.3. The summed E-state index contributed by atoms with van der Waals surface area (Å²) in [4.78, 5) is 8.50. The van der Waals surface area contributed by atoms with Gasteiger partial charge in [0.2, 0.25) is 5.88 Å². The highest BCUT2D eigenvalue weighted by Crippen LogP contribution is 2.22. The van der Waals surface area contributed by atoms with Crippen molar-refractivity contribution in [3.63, 3.8) is 0 Å². The Morgan fingerprint density at radius 2 is 1.95 bits per heavy atom. The third kappa shape index (κ3) is 2.53. The molecule has 3 rings (SSSR count). The van der Waals surface area contributed by atoms with Crippen molar-refractivity contribution < 1.29 is 4.74 Å². The van der Waals surface area contributed by atoms with Gasteiger partial charge in [-0.3, -0.25) is 4.98 Å². The maximum Gasteiger partial charge on any atom is 0.219 e. The molecule has 2 N–H and O–H groups in total. The first kappa shape index (κ1) is 11.6. The monoisotopic (exact) mass is 251 g/mol. The maximum absolute atomic E-state index is 5.70. The van der Waals surface area contributed by atoms with E-state index in [1.165, 1.54) is 0 Å². The van der Waals surface area contributed by atoms with Gasteiger partial charge in [-0.1, -0.05) is 18.2 Å². The summed E-state index contributed by atoms with van der Waals surface area (Å²) in [5.41, 5.74) is 7.52. The highest BCUT2D eigenvalue weighted by molar-refractivity contribution is 5.79. The van der Waals surface area contributed by atoms with Crippen LogP contribution in [0.4, 0.5) is 0 Å². The highest BCUT2D eigenvalue weighted by Gasteiger charge is 2.02. The number of nitrogens with two attached hydrogens (primary N) is 1. The van der Waals surface area contributed by atoms with Crippen LogP contribution in [0.25, 0.3) is 10.9 Å². The fourth-order valence-corrected chi connectivity index (χ4v) is 1.86. The number of nitrogens with zero attached hydrogens (tertiary/aromatic N) is 2. The van der Waals surface area contributed by atoms with E-state index in [1.54, 1.807) is 12.4 Å². The van der Waals surface area contributed by atoms with E-state index in [4.69, 9.17) is 10.5 Å². The first-order chi connectivity index (χ1) is 9.35. The summed E-state index contributed by atoms with van der Waals surface area (Å²) < 4.78 is 5.70. The molecule has 0 radical (unpaired) electrons. The molecular formula is C15H13N3O. The van der Waals surface area contributed by atoms with Gasteiger partial charge in [-0.25, -0.2) is 4.98 Å². The Morgan fingerprint density at radius 1 is 1.05 bits per heavy atom. The van der Waals surface area contributed by atoms with E-state index in [0.717, 1.165) is 16.5 Å². The molecule has 0 fully saturated rings. The molecule has 4 nitrogen and oxygen atoms in total. The molecule has 2 aromatic heterocycles. The number of benzene rings is 1. The van der Waals surface area contributed by atoms with Crippen LogP contribution >= 0.6 is 0 Å². The molecule has 0 atom stereocenters. The van der Waals surface area contributed by atoms with Crippen LogP contribution in [0.15, 0.2) is 54.9 Å². The standard InChI is InChI=1S/C15H13N3O/c16-9-11-5-6-17-15(7-11)19-13-8-12-3-1-2-4-14(12)18-10-13/h1-8,10H,9,16H2. The van der Waals surface area contributed by atoms with Crippen LogP contribution in [0, 0.1) is 0 Å². The molecule has 3 aromatic rings. The van der Waals surface area contributed by atoms with Crippen molar-refractivity contribution in [2.45, 2.75) is 6.54 Å². The molecular weight excluding hydrogens is 238 g/mol. The summed E-state index contributed by atoms with van der Waals surface area (Å²) in [6.45, 7) is 0.467. The molecule has 0 unspecified atom stereocenters. The Hall–Kier alpha value is -2.46. The van der Waals surface area contributed by atoms with Crippen LogP contribution in [0.5, 0.6) is 11.6 Å². The smallest absolute Gasteiger partial charge is 0.219 e. The number of hydrogen-bond acceptors (Lipinski definition) is 4. The van der Waals surface area contributed by atoms with Crippen LogP contribution in [0.2, 0.25) is 0 Å². The van der Waals surface area contributed by atoms with Gasteiger partial charge in [-0.2, -0.15) is 0 Å². The normalized spacial score (nSPS) is 10.6. The number of ether oxygens (including phenoxy) is 1. The molecule has 0 amide bonds. The Balaban J connectivity index is 1.92. The molecule has 0 aliphatic rings. The average Bonchev–Trinajstić information content (AvgIpc) is 2.47. The zero-order valence-corrected chi connectivity index (χ0v) is 10.3. The molecule has 0 saturated heterocycles. The summed E-state index contributed by atoms with van der Waals surface area (Å²) >= 11 is 0. The Kier molecular flexibility index (Phi) is 3.08. The van der Waals surface area contributed by atoms with Gasteiger partial charge in [-0.05, 0) is 23.8 Å². The van der Waals surface area contributed by atoms with E-state index in [-0.39, 0.29) is 0 Å². The Labute approximate surface area is 110 Å². The third-order valence-corrected chi connectivity index (χ3v) is 2.82. The van der Waals surface area contributed by atoms with E-state index < -0.39 is 0 Å². The minimum absolute atomic E-state index is 0.467. The SMILES string of the molecule is NCc1ccnc(Oc2cnc3ccccc3c2)c1. The lowest BCUT2D eigenvalue weighted by Crippen LogP contribution is -1.97. The van der Waals surface area contributed by atoms with Gasteiger partial charge in [0.1, 0.15) is 5.75 Å². The third-order valence-electron chi connectivity index (χ3n) is 2.82. The molecule has 19 heavy (non-hydrogen) atoms. The van der Waals surface area contributed by atoms with Crippen LogP contribution < -0.4 is 10.5 Å². The largest absolute Gasteiger partial charge is 0.437 e. The summed E-state index contributed by atoms with van der Waals surface area (Å²) in [6, 6.07) is 13.5. The number of fused-ring (bicyclic) bond motifs is 1. The summed E-state index contributed by atoms with van der Waals surface area (Å²) in [5.74, 6) is 1.19. The van der Waals surface area contributed by atoms with Gasteiger partial charge in [0, 0.05) is 24.2 Å². The topological polar surface area (TPSA) is 61.0 Å². The first-order valence-electron chi connectivity index (χ1n) is 6.03. The van der Waals surface area contributed by atoms with E-state index in [2.05, 4.69) is 9.97 Å². The second kappa shape index (κ2) is 5.04. The first-order valence-corrected chi connectivity index (χ1v) is 6.03. The molecule has 2 heterocycles. The average molecular weight is 251 g/mol. The Morgan fingerprint density at radius 3 is 2.84 bits per heavy atom. The second-order valence-electron chi connectivity index (χ2n) is 4.17. The lowest BCUT2D eigenvalue weighted by atomic mass is 10.2. The number of pyridine rings is 2. The van der Waals surface area contributed by atoms with Gasteiger partial charge in [0.05, 0.1) is 11.7 Å². The molecule has 94 valence electrons. The van der Waals surface area contributed by atoms with Crippen LogP contribution in [0.1, 0.15) is 5.56 Å². The van der Waals surface area contributed by atoms with Gasteiger partial charge in [-0.15, -0.1) is 0 Å². The Bertz CT molecular complexity index is 712. The van der Waals surface area contributed by atoms with Crippen molar-refractivity contribution in [3.05, 3.63) is 60.4 Å². The fourth-order valence-electron chi connectivity index (χ4n) is 1.86. The predicted octanol–water partition coefficient (Wildman–Crippen LogP) is 2.88. The molecule has 0 aliphatic heterocycles. The van der Waals surface area contributed by atoms with E-state index in [9.17, 15) is 0 Å². The molecule has 1 aromatic carbocycles. The van der Waals surface area contributed by atoms with Crippen molar-refractivity contribution in [2.24, 2.45) is 5.73 Å². The predicted molar refractivity (Wildman–Crippen MR) is 73.9 cm³/mol. The van der Waals surface area contributed by atoms with Crippen LogP contribution in [0.3, 0.4) is 0 Å². The maximum atomic E-state index is 5.70. The van der Waals surface area contributed by atoms with Gasteiger partial charge < -0.3 is 10.5 Å². The highest BCUT2D eigenvalue weighted by atomic mass is 16.5. The fraction of sp³-hybridized carbons (Fsp3) is 0.0667. The van der Waals surface area contributed by atoms with Gasteiger partial charge >= 0.3 is 0 Å². The van der Waals surface area contributed by atoms with E-state index in [0.29, 0.717) is 18.2 Å². The second-order valence-corrected chi connectivity index (χ2v) is 4.17. The molecule has 0 aliphatic carbocycles. The van der Waals surface area contributed by atoms with Gasteiger partial charge in [0.25, 0.3) is 0 Å². The quantitative estimate of drug-likeness (QED) is 0.777. The summed E-state index contributed by atoms with van der Waals surface area (Å²) in [6.07, 6.45) is 3.38. The minimum atomic E-state index is 0.467. The summed E-state index contributed by atoms with van der Waals surface area (Å²) in [5, 5.41) is 1.04. The molecule has 0 bridgehead atoms. The lowest BCUT2D eigenvalue weighted by Gasteiger charge is -2.06. The van der Waals surface area contributed by atoms with E-state index in [1.807, 2.05) is 42.5 Å². The number of hydrogen-bond donors (Lipinski definition) is 1. The summed E-state index contributed by atoms with van der Waals surface area (Å²) in [7, 11) is 0. The minimum Gasteiger partial charge on any atom is -0.437 e. The van der Waals surface area contributed by atoms with Crippen molar-refractivity contribution in [1.29, 1.82) is 0 Å². The van der Waals surface area contributed by atoms with Gasteiger partial charge in [0.15, 0.2) is 0 Å². The zero-order chi connectivity index (χ0) is 13.1. The van der Waals surface area contributed by atoms with Crippen molar-refractivity contribution in [2.75, 3.05) is 0 Å². The number of rotatable bonds is 3. The van der Waals surface area contributed by atoms with Crippen molar-refractivity contribution in [1.82, 2.24) is 9.97 Å². The number of aromatic nitrogens is 2. The van der Waals surface area contributed by atoms with Crippen molar-refractivity contribution in [3.8, 4) is 11.6 Å². The number of para-hydroxylation sites is 1. The van der Waals surface area contributed by atoms with Crippen LogP contribution in [-0.4, -0.2) is 9.97 Å². The van der Waals surface area contributed by atoms with Crippen molar-refractivity contribution >= 4 is 10.9 Å².